The van der Waals surface area contributed by atoms with Gasteiger partial charge in [-0.2, -0.15) is 15.0 Å². The smallest absolute Gasteiger partial charge is 0.252 e. The lowest BCUT2D eigenvalue weighted by Gasteiger charge is -2.13. The predicted octanol–water partition coefficient (Wildman–Crippen LogP) is 0.506. The topological polar surface area (TPSA) is 120 Å². The van der Waals surface area contributed by atoms with Crippen LogP contribution in [0.25, 0.3) is 0 Å². The van der Waals surface area contributed by atoms with E-state index in [2.05, 4.69) is 15.0 Å². The Morgan fingerprint density at radius 3 is 2.64 bits per heavy atom. The van der Waals surface area contributed by atoms with E-state index in [4.69, 9.17) is 16.2 Å². The van der Waals surface area contributed by atoms with Gasteiger partial charge in [-0.3, -0.25) is 4.79 Å². The summed E-state index contributed by atoms with van der Waals surface area (Å²) >= 11 is 0. The Balaban J connectivity index is 2.23. The number of aryl methyl sites for hydroxylation is 1. The Morgan fingerprint density at radius 2 is 2.00 bits per heavy atom. The second-order valence-corrected chi connectivity index (χ2v) is 4.96. The van der Waals surface area contributed by atoms with Crippen molar-refractivity contribution in [2.45, 2.75) is 13.5 Å². The molecular weight excluding hydrogens is 284 g/mol. The number of nitrogen functional groups attached to an aromatic ring is 1. The lowest BCUT2D eigenvalue weighted by atomic mass is 10.1. The van der Waals surface area contributed by atoms with Gasteiger partial charge in [0.05, 0.1) is 5.56 Å². The molecule has 22 heavy (non-hydrogen) atoms. The molecule has 116 valence electrons. The first-order chi connectivity index (χ1) is 10.4. The first-order valence-electron chi connectivity index (χ1n) is 6.58. The maximum Gasteiger partial charge on any atom is 0.252 e. The number of carbonyl (C=O) groups excluding carboxylic acids is 1. The Hall–Kier alpha value is -2.90. The molecule has 0 aliphatic carbocycles. The fourth-order valence-electron chi connectivity index (χ4n) is 1.78. The molecule has 0 spiro atoms. The van der Waals surface area contributed by atoms with Crippen LogP contribution in [0, 0.1) is 6.92 Å². The van der Waals surface area contributed by atoms with Crippen molar-refractivity contribution in [3.8, 4) is 5.75 Å². The minimum Gasteiger partial charge on any atom is -0.485 e. The van der Waals surface area contributed by atoms with Gasteiger partial charge < -0.3 is 21.1 Å². The van der Waals surface area contributed by atoms with Crippen LogP contribution in [0.4, 0.5) is 11.9 Å². The number of nitrogens with two attached hydrogens (primary N) is 2. The zero-order valence-corrected chi connectivity index (χ0v) is 12.7. The van der Waals surface area contributed by atoms with Crippen LogP contribution in [0.1, 0.15) is 21.7 Å². The van der Waals surface area contributed by atoms with Gasteiger partial charge in [0.15, 0.2) is 5.82 Å². The fourth-order valence-corrected chi connectivity index (χ4v) is 1.78. The average Bonchev–Trinajstić information content (AvgIpc) is 2.44. The molecule has 0 fully saturated rings. The summed E-state index contributed by atoms with van der Waals surface area (Å²) in [6, 6.07) is 5.15. The molecule has 8 nitrogen and oxygen atoms in total. The monoisotopic (exact) mass is 302 g/mol. The normalized spacial score (nSPS) is 10.3. The highest BCUT2D eigenvalue weighted by atomic mass is 16.5. The van der Waals surface area contributed by atoms with Gasteiger partial charge in [0.25, 0.3) is 5.91 Å². The third-order valence-corrected chi connectivity index (χ3v) is 2.85. The Kier molecular flexibility index (Phi) is 4.40. The van der Waals surface area contributed by atoms with E-state index in [0.29, 0.717) is 23.1 Å². The summed E-state index contributed by atoms with van der Waals surface area (Å²) in [6.45, 7) is 1.94. The van der Waals surface area contributed by atoms with Gasteiger partial charge in [0.2, 0.25) is 11.9 Å². The number of ether oxygens (including phenoxy) is 1. The maximum absolute atomic E-state index is 11.4. The van der Waals surface area contributed by atoms with Gasteiger partial charge in [-0.15, -0.1) is 0 Å². The third-order valence-electron chi connectivity index (χ3n) is 2.85. The van der Waals surface area contributed by atoms with Crippen molar-refractivity contribution in [2.75, 3.05) is 24.7 Å². The molecule has 0 bridgehead atoms. The lowest BCUT2D eigenvalue weighted by Crippen LogP contribution is -2.17. The SMILES string of the molecule is Cc1ccc(C(N)=O)c(OCc2nc(N)nc(N(C)C)n2)c1. The molecule has 1 aromatic heterocycles. The number of amides is 1. The highest BCUT2D eigenvalue weighted by molar-refractivity contribution is 5.95. The Bertz CT molecular complexity index is 702. The molecule has 4 N–H and O–H groups in total. The van der Waals surface area contributed by atoms with Crippen LogP contribution in [0.15, 0.2) is 18.2 Å². The van der Waals surface area contributed by atoms with Crippen LogP contribution in [0.3, 0.4) is 0 Å². The van der Waals surface area contributed by atoms with Crippen molar-refractivity contribution in [3.63, 3.8) is 0 Å². The fraction of sp³-hybridized carbons (Fsp3) is 0.286. The molecule has 1 aromatic carbocycles. The van der Waals surface area contributed by atoms with Crippen molar-refractivity contribution in [3.05, 3.63) is 35.2 Å². The lowest BCUT2D eigenvalue weighted by molar-refractivity contribution is 0.0995. The Morgan fingerprint density at radius 1 is 1.27 bits per heavy atom. The molecule has 0 saturated heterocycles. The number of rotatable bonds is 5. The summed E-state index contributed by atoms with van der Waals surface area (Å²) in [5, 5.41) is 0. The van der Waals surface area contributed by atoms with Crippen LogP contribution in [-0.4, -0.2) is 35.0 Å². The van der Waals surface area contributed by atoms with Crippen LogP contribution in [0.2, 0.25) is 0 Å². The van der Waals surface area contributed by atoms with E-state index in [1.807, 2.05) is 6.92 Å². The summed E-state index contributed by atoms with van der Waals surface area (Å²) in [4.78, 5) is 25.4. The summed E-state index contributed by atoms with van der Waals surface area (Å²) in [7, 11) is 3.59. The number of nitrogens with zero attached hydrogens (tertiary/aromatic N) is 4. The summed E-state index contributed by atoms with van der Waals surface area (Å²) < 4.78 is 5.63. The van der Waals surface area contributed by atoms with Crippen molar-refractivity contribution in [2.24, 2.45) is 5.73 Å². The molecular formula is C14H18N6O2. The van der Waals surface area contributed by atoms with Crippen LogP contribution >= 0.6 is 0 Å². The third kappa shape index (κ3) is 3.60. The van der Waals surface area contributed by atoms with Gasteiger partial charge >= 0.3 is 0 Å². The van der Waals surface area contributed by atoms with E-state index < -0.39 is 5.91 Å². The molecule has 0 saturated carbocycles. The molecule has 2 aromatic rings. The average molecular weight is 302 g/mol. The maximum atomic E-state index is 11.4. The van der Waals surface area contributed by atoms with Gasteiger partial charge in [0, 0.05) is 14.1 Å². The molecule has 0 radical (unpaired) electrons. The minimum absolute atomic E-state index is 0.0529. The largest absolute Gasteiger partial charge is 0.485 e. The first kappa shape index (κ1) is 15.5. The first-order valence-corrected chi connectivity index (χ1v) is 6.58. The predicted molar refractivity (Wildman–Crippen MR) is 82.6 cm³/mol. The number of hydrogen-bond acceptors (Lipinski definition) is 7. The molecule has 1 heterocycles. The van der Waals surface area contributed by atoms with Crippen molar-refractivity contribution in [1.29, 1.82) is 0 Å². The van der Waals surface area contributed by atoms with Gasteiger partial charge in [0.1, 0.15) is 12.4 Å². The standard InChI is InChI=1S/C14H18N6O2/c1-8-4-5-9(12(15)21)10(6-8)22-7-11-17-13(16)19-14(18-11)20(2)3/h4-6H,7H2,1-3H3,(H2,15,21)(H2,16,17,18,19). The van der Waals surface area contributed by atoms with E-state index >= 15 is 0 Å². The second-order valence-electron chi connectivity index (χ2n) is 4.96. The molecule has 8 heteroatoms. The zero-order chi connectivity index (χ0) is 16.3. The van der Waals surface area contributed by atoms with Gasteiger partial charge in [-0.1, -0.05) is 6.07 Å². The number of hydrogen-bond donors (Lipinski definition) is 2. The quantitative estimate of drug-likeness (QED) is 0.825. The van der Waals surface area contributed by atoms with Gasteiger partial charge in [-0.05, 0) is 24.6 Å². The Labute approximate surface area is 128 Å². The minimum atomic E-state index is -0.556. The number of aromatic nitrogens is 3. The highest BCUT2D eigenvalue weighted by Crippen LogP contribution is 2.21. The van der Waals surface area contributed by atoms with E-state index in [-0.39, 0.29) is 12.6 Å². The van der Waals surface area contributed by atoms with Crippen LogP contribution < -0.4 is 21.1 Å². The molecule has 0 atom stereocenters. The molecule has 0 aliphatic heterocycles. The van der Waals surface area contributed by atoms with E-state index in [9.17, 15) is 4.79 Å². The summed E-state index contributed by atoms with van der Waals surface area (Å²) in [6.07, 6.45) is 0. The van der Waals surface area contributed by atoms with Crippen LogP contribution in [-0.2, 0) is 6.61 Å². The number of primary amides is 1. The summed E-state index contributed by atoms with van der Waals surface area (Å²) in [5.74, 6) is 0.743. The molecule has 0 aliphatic rings. The van der Waals surface area contributed by atoms with Crippen molar-refractivity contribution < 1.29 is 9.53 Å². The molecule has 2 rings (SSSR count). The zero-order valence-electron chi connectivity index (χ0n) is 12.7. The van der Waals surface area contributed by atoms with Crippen molar-refractivity contribution in [1.82, 2.24) is 15.0 Å². The number of carbonyl (C=O) groups is 1. The number of benzene rings is 1. The van der Waals surface area contributed by atoms with E-state index in [0.717, 1.165) is 5.56 Å². The van der Waals surface area contributed by atoms with E-state index in [1.165, 1.54) is 0 Å². The van der Waals surface area contributed by atoms with Gasteiger partial charge in [-0.25, -0.2) is 0 Å². The van der Waals surface area contributed by atoms with E-state index in [1.54, 1.807) is 37.2 Å². The second kappa shape index (κ2) is 6.25. The number of anilines is 2. The molecule has 0 unspecified atom stereocenters. The highest BCUT2D eigenvalue weighted by Gasteiger charge is 2.12. The summed E-state index contributed by atoms with van der Waals surface area (Å²) in [5.41, 5.74) is 12.2. The van der Waals surface area contributed by atoms with Crippen molar-refractivity contribution >= 4 is 17.8 Å². The molecule has 1 amide bonds. The van der Waals surface area contributed by atoms with Crippen LogP contribution in [0.5, 0.6) is 5.75 Å².